The molecule has 1 heterocycles. The summed E-state index contributed by atoms with van der Waals surface area (Å²) in [5.74, 6) is -0.931. The van der Waals surface area contributed by atoms with E-state index in [0.717, 1.165) is 10.6 Å². The molecule has 0 aliphatic rings. The van der Waals surface area contributed by atoms with Crippen molar-refractivity contribution in [3.63, 3.8) is 0 Å². The monoisotopic (exact) mass is 253 g/mol. The highest BCUT2D eigenvalue weighted by Crippen LogP contribution is 2.18. The van der Waals surface area contributed by atoms with E-state index in [1.165, 1.54) is 17.5 Å². The van der Waals surface area contributed by atoms with E-state index < -0.39 is 5.97 Å². The fraction of sp³-hybridized carbons (Fsp3) is 0.0909. The summed E-state index contributed by atoms with van der Waals surface area (Å²) in [7, 11) is 0. The maximum atomic E-state index is 10.7. The van der Waals surface area contributed by atoms with Crippen LogP contribution in [0.25, 0.3) is 0 Å². The second kappa shape index (κ2) is 4.63. The van der Waals surface area contributed by atoms with Gasteiger partial charge in [-0.05, 0) is 17.7 Å². The van der Waals surface area contributed by atoms with E-state index in [1.54, 1.807) is 0 Å². The van der Waals surface area contributed by atoms with E-state index in [1.807, 2.05) is 24.3 Å². The van der Waals surface area contributed by atoms with E-state index >= 15 is 0 Å². The number of carbonyl (C=O) groups is 1. The molecule has 1 aromatic carbocycles. The Morgan fingerprint density at radius 1 is 1.38 bits per heavy atom. The summed E-state index contributed by atoms with van der Waals surface area (Å²) >= 11 is 6.97. The minimum Gasteiger partial charge on any atom is -0.477 e. The SMILES string of the molecule is O=C(O)c1cnc(Cc2ccc(Cl)cc2)s1. The third-order valence-corrected chi connectivity index (χ3v) is 3.27. The molecule has 0 atom stereocenters. The Kier molecular flexibility index (Phi) is 3.22. The molecule has 1 aromatic heterocycles. The van der Waals surface area contributed by atoms with Gasteiger partial charge in [-0.3, -0.25) is 0 Å². The maximum Gasteiger partial charge on any atom is 0.347 e. The molecular formula is C11H8ClNO2S. The van der Waals surface area contributed by atoms with Crippen LogP contribution in [-0.2, 0) is 6.42 Å². The lowest BCUT2D eigenvalue weighted by Gasteiger charge is -1.97. The Hall–Kier alpha value is -1.39. The van der Waals surface area contributed by atoms with Crippen LogP contribution >= 0.6 is 22.9 Å². The van der Waals surface area contributed by atoms with Gasteiger partial charge in [-0.25, -0.2) is 9.78 Å². The van der Waals surface area contributed by atoms with Gasteiger partial charge in [0.1, 0.15) is 4.88 Å². The quantitative estimate of drug-likeness (QED) is 0.915. The van der Waals surface area contributed by atoms with Crippen molar-refractivity contribution in [2.24, 2.45) is 0 Å². The zero-order valence-corrected chi connectivity index (χ0v) is 9.76. The molecule has 1 N–H and O–H groups in total. The molecule has 2 aromatic rings. The Labute approximate surface area is 101 Å². The predicted molar refractivity (Wildman–Crippen MR) is 63.3 cm³/mol. The fourth-order valence-electron chi connectivity index (χ4n) is 1.27. The normalized spacial score (nSPS) is 10.3. The van der Waals surface area contributed by atoms with Crippen LogP contribution in [0.4, 0.5) is 0 Å². The van der Waals surface area contributed by atoms with Crippen molar-refractivity contribution in [3.05, 3.63) is 50.9 Å². The fourth-order valence-corrected chi connectivity index (χ4v) is 2.18. The first-order valence-corrected chi connectivity index (χ1v) is 5.77. The Balaban J connectivity index is 2.14. The highest BCUT2D eigenvalue weighted by molar-refractivity contribution is 7.13. The maximum absolute atomic E-state index is 10.7. The van der Waals surface area contributed by atoms with Crippen molar-refractivity contribution in [3.8, 4) is 0 Å². The number of carboxylic acids is 1. The highest BCUT2D eigenvalue weighted by Gasteiger charge is 2.08. The van der Waals surface area contributed by atoms with Crippen molar-refractivity contribution >= 4 is 28.9 Å². The van der Waals surface area contributed by atoms with Crippen LogP contribution in [-0.4, -0.2) is 16.1 Å². The topological polar surface area (TPSA) is 50.2 Å². The lowest BCUT2D eigenvalue weighted by atomic mass is 10.2. The molecule has 0 bridgehead atoms. The van der Waals surface area contributed by atoms with Crippen LogP contribution in [0.5, 0.6) is 0 Å². The first kappa shape index (κ1) is 11.1. The smallest absolute Gasteiger partial charge is 0.347 e. The molecule has 0 unspecified atom stereocenters. The molecule has 0 aliphatic carbocycles. The minimum absolute atomic E-state index is 0.268. The summed E-state index contributed by atoms with van der Waals surface area (Å²) in [4.78, 5) is 15.0. The molecule has 0 aliphatic heterocycles. The third kappa shape index (κ3) is 2.59. The molecule has 5 heteroatoms. The van der Waals surface area contributed by atoms with Crippen molar-refractivity contribution in [1.29, 1.82) is 0 Å². The first-order chi connectivity index (χ1) is 7.65. The van der Waals surface area contributed by atoms with Crippen LogP contribution < -0.4 is 0 Å². The van der Waals surface area contributed by atoms with Gasteiger partial charge < -0.3 is 5.11 Å². The number of aromatic nitrogens is 1. The van der Waals surface area contributed by atoms with Crippen LogP contribution in [0.1, 0.15) is 20.2 Å². The summed E-state index contributed by atoms with van der Waals surface area (Å²) in [5, 5.41) is 10.2. The van der Waals surface area contributed by atoms with Gasteiger partial charge in [0, 0.05) is 11.4 Å². The number of benzene rings is 1. The standard InChI is InChI=1S/C11H8ClNO2S/c12-8-3-1-7(2-4-8)5-10-13-6-9(16-10)11(14)15/h1-4,6H,5H2,(H,14,15). The molecule has 0 saturated carbocycles. The van der Waals surface area contributed by atoms with Crippen molar-refractivity contribution in [2.75, 3.05) is 0 Å². The largest absolute Gasteiger partial charge is 0.477 e. The third-order valence-electron chi connectivity index (χ3n) is 2.03. The van der Waals surface area contributed by atoms with Crippen LogP contribution in [0.3, 0.4) is 0 Å². The molecule has 2 rings (SSSR count). The van der Waals surface area contributed by atoms with E-state index in [2.05, 4.69) is 4.98 Å². The molecule has 16 heavy (non-hydrogen) atoms. The Morgan fingerprint density at radius 2 is 2.06 bits per heavy atom. The number of halogens is 1. The molecular weight excluding hydrogens is 246 g/mol. The lowest BCUT2D eigenvalue weighted by molar-refractivity contribution is 0.0702. The first-order valence-electron chi connectivity index (χ1n) is 4.57. The van der Waals surface area contributed by atoms with Gasteiger partial charge in [0.15, 0.2) is 0 Å². The van der Waals surface area contributed by atoms with E-state index in [-0.39, 0.29) is 4.88 Å². The number of carboxylic acid groups (broad SMARTS) is 1. The average Bonchev–Trinajstić information content (AvgIpc) is 2.70. The zero-order chi connectivity index (χ0) is 11.5. The molecule has 0 radical (unpaired) electrons. The van der Waals surface area contributed by atoms with E-state index in [4.69, 9.17) is 16.7 Å². The molecule has 0 saturated heterocycles. The van der Waals surface area contributed by atoms with Crippen molar-refractivity contribution < 1.29 is 9.90 Å². The minimum atomic E-state index is -0.931. The number of nitrogens with zero attached hydrogens (tertiary/aromatic N) is 1. The van der Waals surface area contributed by atoms with Gasteiger partial charge in [-0.1, -0.05) is 23.7 Å². The molecule has 0 spiro atoms. The molecule has 3 nitrogen and oxygen atoms in total. The van der Waals surface area contributed by atoms with Crippen LogP contribution in [0.15, 0.2) is 30.5 Å². The average molecular weight is 254 g/mol. The number of rotatable bonds is 3. The van der Waals surface area contributed by atoms with Crippen molar-refractivity contribution in [2.45, 2.75) is 6.42 Å². The lowest BCUT2D eigenvalue weighted by Crippen LogP contribution is -1.89. The summed E-state index contributed by atoms with van der Waals surface area (Å²) in [6.45, 7) is 0. The summed E-state index contributed by atoms with van der Waals surface area (Å²) in [6.07, 6.45) is 2.02. The van der Waals surface area contributed by atoms with Gasteiger partial charge in [0.05, 0.1) is 11.2 Å². The summed E-state index contributed by atoms with van der Waals surface area (Å²) in [5.41, 5.74) is 1.07. The Bertz CT molecular complexity index is 507. The number of thiazole rings is 1. The van der Waals surface area contributed by atoms with Crippen LogP contribution in [0.2, 0.25) is 5.02 Å². The predicted octanol–water partition coefficient (Wildman–Crippen LogP) is 3.09. The van der Waals surface area contributed by atoms with Gasteiger partial charge >= 0.3 is 5.97 Å². The summed E-state index contributed by atoms with van der Waals surface area (Å²) < 4.78 is 0. The second-order valence-electron chi connectivity index (χ2n) is 3.23. The number of aromatic carboxylic acids is 1. The zero-order valence-electron chi connectivity index (χ0n) is 8.18. The van der Waals surface area contributed by atoms with Gasteiger partial charge in [-0.2, -0.15) is 0 Å². The summed E-state index contributed by atoms with van der Waals surface area (Å²) in [6, 6.07) is 7.43. The highest BCUT2D eigenvalue weighted by atomic mass is 35.5. The van der Waals surface area contributed by atoms with Crippen LogP contribution in [0, 0.1) is 0 Å². The number of hydrogen-bond donors (Lipinski definition) is 1. The van der Waals surface area contributed by atoms with Crippen molar-refractivity contribution in [1.82, 2.24) is 4.98 Å². The van der Waals surface area contributed by atoms with E-state index in [9.17, 15) is 4.79 Å². The molecule has 0 fully saturated rings. The van der Waals surface area contributed by atoms with Gasteiger partial charge in [0.2, 0.25) is 0 Å². The van der Waals surface area contributed by atoms with Gasteiger partial charge in [0.25, 0.3) is 0 Å². The van der Waals surface area contributed by atoms with Gasteiger partial charge in [-0.15, -0.1) is 11.3 Å². The number of hydrogen-bond acceptors (Lipinski definition) is 3. The Morgan fingerprint density at radius 3 is 2.62 bits per heavy atom. The van der Waals surface area contributed by atoms with E-state index in [0.29, 0.717) is 11.4 Å². The molecule has 82 valence electrons. The molecule has 0 amide bonds. The second-order valence-corrected chi connectivity index (χ2v) is 4.78.